The summed E-state index contributed by atoms with van der Waals surface area (Å²) in [4.78, 5) is 39.3. The van der Waals surface area contributed by atoms with E-state index in [0.29, 0.717) is 40.4 Å². The fraction of sp³-hybridized carbons (Fsp3) is 0.0545. The Morgan fingerprint density at radius 2 is 0.492 bits per heavy atom. The van der Waals surface area contributed by atoms with Crippen molar-refractivity contribution in [3.63, 3.8) is 0 Å². The van der Waals surface area contributed by atoms with E-state index in [4.69, 9.17) is 52.9 Å². The van der Waals surface area contributed by atoms with Crippen molar-refractivity contribution in [1.29, 1.82) is 0 Å². The summed E-state index contributed by atoms with van der Waals surface area (Å²) < 4.78 is 1.15. The number of pyridine rings is 2. The van der Waals surface area contributed by atoms with Crippen LogP contribution in [0.5, 0.6) is 0 Å². The van der Waals surface area contributed by atoms with Crippen molar-refractivity contribution in [3.05, 3.63) is 393 Å². The van der Waals surface area contributed by atoms with Gasteiger partial charge < -0.3 is 10.2 Å². The van der Waals surface area contributed by atoms with Gasteiger partial charge in [0, 0.05) is 87.6 Å². The van der Waals surface area contributed by atoms with Gasteiger partial charge in [0.25, 0.3) is 0 Å². The van der Waals surface area contributed by atoms with Crippen molar-refractivity contribution in [2.45, 2.75) is 38.9 Å². The summed E-state index contributed by atoms with van der Waals surface area (Å²) in [5, 5.41) is 40.8. The number of hydrogen-bond acceptors (Lipinski definition) is 10. The molecular formula is C110H78B3BrN8O2. The maximum absolute atomic E-state index is 9.10. The highest BCUT2D eigenvalue weighted by atomic mass is 79.9. The molecule has 6 radical (unpaired) electrons. The second kappa shape index (κ2) is 34.9. The molecule has 4 aromatic heterocycles. The molecule has 0 aliphatic heterocycles. The largest absolute Gasteiger partial charge is 0.387 e. The van der Waals surface area contributed by atoms with Crippen LogP contribution < -0.4 is 5.46 Å². The lowest BCUT2D eigenvalue weighted by molar-refractivity contribution is -0.107. The number of rotatable bonds is 10. The van der Waals surface area contributed by atoms with Crippen LogP contribution in [0.15, 0.2) is 393 Å². The first-order valence-electron chi connectivity index (χ1n) is 41.0. The van der Waals surface area contributed by atoms with Gasteiger partial charge in [0.1, 0.15) is 7.85 Å². The predicted octanol–water partition coefficient (Wildman–Crippen LogP) is 26.1. The number of aromatic nitrogens is 8. The summed E-state index contributed by atoms with van der Waals surface area (Å²) in [7, 11) is 14.4. The first-order chi connectivity index (χ1) is 60.6. The molecule has 0 saturated carbocycles. The van der Waals surface area contributed by atoms with Crippen LogP contribution in [-0.4, -0.2) is 84.6 Å². The molecule has 22 rings (SSSR count). The Morgan fingerprint density at radius 3 is 0.871 bits per heavy atom. The van der Waals surface area contributed by atoms with E-state index >= 15 is 0 Å². The van der Waals surface area contributed by atoms with Crippen molar-refractivity contribution in [1.82, 2.24) is 39.9 Å². The van der Waals surface area contributed by atoms with Crippen molar-refractivity contribution < 1.29 is 10.2 Å². The maximum Gasteiger partial charge on any atom is 0.164 e. The van der Waals surface area contributed by atoms with Crippen LogP contribution in [0, 0.1) is 0 Å². The van der Waals surface area contributed by atoms with Crippen LogP contribution in [0.3, 0.4) is 0 Å². The minimum absolute atomic E-state index is 0.569. The quantitative estimate of drug-likeness (QED) is 0.100. The third-order valence-corrected chi connectivity index (χ3v) is 23.6. The summed E-state index contributed by atoms with van der Waals surface area (Å²) in [5.74, 6) is 3.66. The van der Waals surface area contributed by atoms with E-state index in [1.54, 1.807) is 27.7 Å². The van der Waals surface area contributed by atoms with E-state index in [0.717, 1.165) is 93.0 Å². The number of aliphatic hydroxyl groups is 2. The van der Waals surface area contributed by atoms with Crippen molar-refractivity contribution in [3.8, 4) is 102 Å². The zero-order valence-electron chi connectivity index (χ0n) is 68.5. The third kappa shape index (κ3) is 16.2. The van der Waals surface area contributed by atoms with Gasteiger partial charge in [-0.1, -0.05) is 349 Å². The number of para-hydroxylation sites is 2. The van der Waals surface area contributed by atoms with Gasteiger partial charge in [0.05, 0.1) is 22.2 Å². The van der Waals surface area contributed by atoms with Gasteiger partial charge in [0.2, 0.25) is 0 Å². The second-order valence-corrected chi connectivity index (χ2v) is 32.4. The highest BCUT2D eigenvalue weighted by Crippen LogP contribution is 2.47. The van der Waals surface area contributed by atoms with E-state index < -0.39 is 11.2 Å². The molecule has 10 nitrogen and oxygen atoms in total. The number of nitrogens with zero attached hydrogens (tertiary/aromatic N) is 8. The van der Waals surface area contributed by atoms with Gasteiger partial charge in [-0.2, -0.15) is 0 Å². The summed E-state index contributed by atoms with van der Waals surface area (Å²) >= 11 is 3.77. The average Bonchev–Trinajstić information content (AvgIpc) is 0.726. The Labute approximate surface area is 731 Å². The highest BCUT2D eigenvalue weighted by molar-refractivity contribution is 9.10. The molecule has 0 atom stereocenters. The molecule has 0 amide bonds. The molecule has 0 bridgehead atoms. The monoisotopic (exact) mass is 1650 g/mol. The maximum atomic E-state index is 9.10. The molecule has 2 N–H and O–H groups in total. The molecule has 0 fully saturated rings. The number of hydrogen-bond donors (Lipinski definition) is 2. The van der Waals surface area contributed by atoms with E-state index in [-0.39, 0.29) is 0 Å². The van der Waals surface area contributed by atoms with Crippen LogP contribution >= 0.6 is 15.9 Å². The number of benzene rings is 18. The topological polar surface area (TPSA) is 144 Å². The fourth-order valence-corrected chi connectivity index (χ4v) is 16.9. The minimum Gasteiger partial charge on any atom is -0.387 e. The first kappa shape index (κ1) is 80.5. The van der Waals surface area contributed by atoms with Crippen molar-refractivity contribution >= 4 is 153 Å². The Morgan fingerprint density at radius 1 is 0.234 bits per heavy atom. The molecule has 0 saturated heterocycles. The Balaban J connectivity index is 0.000000130. The smallest absolute Gasteiger partial charge is 0.164 e. The van der Waals surface area contributed by atoms with Crippen molar-refractivity contribution in [2.75, 3.05) is 0 Å². The van der Waals surface area contributed by atoms with Crippen molar-refractivity contribution in [2.24, 2.45) is 0 Å². The molecule has 0 aliphatic carbocycles. The van der Waals surface area contributed by atoms with Gasteiger partial charge in [-0.3, -0.25) is 9.97 Å². The van der Waals surface area contributed by atoms with Crippen LogP contribution in [0.25, 0.3) is 210 Å². The zero-order valence-corrected chi connectivity index (χ0v) is 70.1. The van der Waals surface area contributed by atoms with Crippen LogP contribution in [0.4, 0.5) is 0 Å². The van der Waals surface area contributed by atoms with Gasteiger partial charge in [-0.05, 0) is 185 Å². The normalized spacial score (nSPS) is 11.4. The Bertz CT molecular complexity index is 7630. The zero-order chi connectivity index (χ0) is 85.0. The van der Waals surface area contributed by atoms with Gasteiger partial charge in [0.15, 0.2) is 34.9 Å². The lowest BCUT2D eigenvalue weighted by Crippen LogP contribution is -2.44. The van der Waals surface area contributed by atoms with E-state index in [2.05, 4.69) is 261 Å². The number of halogens is 1. The van der Waals surface area contributed by atoms with E-state index in [9.17, 15) is 0 Å². The lowest BCUT2D eigenvalue weighted by Gasteiger charge is -2.31. The molecule has 4 heterocycles. The van der Waals surface area contributed by atoms with Crippen LogP contribution in [-0.2, 0) is 0 Å². The molecule has 18 aromatic carbocycles. The second-order valence-electron chi connectivity index (χ2n) is 31.5. The van der Waals surface area contributed by atoms with E-state index in [1.165, 1.54) is 86.2 Å². The molecule has 0 spiro atoms. The van der Waals surface area contributed by atoms with E-state index in [1.807, 2.05) is 164 Å². The minimum atomic E-state index is -1.01. The Kier molecular flexibility index (Phi) is 22.7. The fourth-order valence-electron chi connectivity index (χ4n) is 16.3. The molecule has 586 valence electrons. The molecule has 14 heteroatoms. The first-order valence-corrected chi connectivity index (χ1v) is 41.8. The molecule has 0 unspecified atom stereocenters. The Hall–Kier alpha value is -14.5. The number of fused-ring (bicyclic) bond motifs is 18. The van der Waals surface area contributed by atoms with Gasteiger partial charge >= 0.3 is 0 Å². The van der Waals surface area contributed by atoms with Crippen LogP contribution in [0.2, 0.25) is 0 Å². The highest BCUT2D eigenvalue weighted by Gasteiger charge is 2.32. The standard InChI is InChI=1S/C52H32N4.C30H19BN4.C22H13Br.C6H14O2.B2/c1-3-15-34(16-4-1)50-54-51(35-17-5-2-6-18-35)56-52(55-50)38-30-36(39-27-13-19-33-20-14-28-53-49(33)39)29-37(31-38)46-32-47-42-23-8-7-21-40(42)41-22-9-11-25-44(41)48(47)45-26-12-10-24-43(45)46;31-25-18-23(26-15-7-13-20-14-8-16-32-27(20)26)17-24(19-25)30-34-28(21-9-3-1-4-10-21)33-29(35-30)22-11-5-2-6-12-22;23-21-13-20-16-9-2-1-7-14(16)15-8-3-5-11-18(15)22(20)19-12-6-4-10-17(19)21;1-5(2,7)6(3,4)8;1-2/h1-32H;1-19H;1-13H;7-8H,1-4H3;. The SMILES string of the molecule is Brc1cc2c3ccccc3c3ccccc3c2c2ccccc12.CC(C)(O)C(C)(C)O.[B][B].[B]c1cc(-c2nc(-c3ccccc3)nc(-c3ccccc3)n2)cc(-c2cccc3cccnc23)c1.c1ccc(-c2nc(-c3ccccc3)nc(-c3cc(-c4cc5c6ccccc6c6ccccc6c5c5ccccc45)cc(-c4cccc5cccnc45)c3)n2)cc1. The molecule has 22 aromatic rings. The summed E-state index contributed by atoms with van der Waals surface area (Å²) in [5.41, 5.74) is 12.2. The summed E-state index contributed by atoms with van der Waals surface area (Å²) in [6.45, 7) is 6.31. The average molecular weight is 1660 g/mol. The predicted molar refractivity (Wildman–Crippen MR) is 523 cm³/mol. The molecule has 124 heavy (non-hydrogen) atoms. The molecular weight excluding hydrogens is 1580 g/mol. The molecule has 0 aliphatic rings. The lowest BCUT2D eigenvalue weighted by atomic mass is 9.81. The van der Waals surface area contributed by atoms with Gasteiger partial charge in [-0.15, -0.1) is 0 Å². The van der Waals surface area contributed by atoms with Gasteiger partial charge in [-0.25, -0.2) is 29.9 Å². The summed E-state index contributed by atoms with van der Waals surface area (Å²) in [6.07, 6.45) is 3.68. The third-order valence-electron chi connectivity index (χ3n) is 22.9. The summed E-state index contributed by atoms with van der Waals surface area (Å²) in [6, 6.07) is 131. The van der Waals surface area contributed by atoms with Crippen LogP contribution in [0.1, 0.15) is 27.7 Å².